The van der Waals surface area contributed by atoms with Gasteiger partial charge in [0.05, 0.1) is 53.8 Å². The summed E-state index contributed by atoms with van der Waals surface area (Å²) in [4.78, 5) is 60.8. The van der Waals surface area contributed by atoms with Gasteiger partial charge in [-0.3, -0.25) is 65.6 Å². The van der Waals surface area contributed by atoms with Crippen LogP contribution in [0.2, 0.25) is 0 Å². The third-order valence-corrected chi connectivity index (χ3v) is 9.32. The quantitative estimate of drug-likeness (QED) is 0.0741. The summed E-state index contributed by atoms with van der Waals surface area (Å²) in [5, 5.41) is 80.4. The molecule has 5 aromatic carbocycles. The van der Waals surface area contributed by atoms with E-state index in [1.165, 1.54) is 55.6 Å². The highest BCUT2D eigenvalue weighted by Crippen LogP contribution is 2.40. The molecule has 0 aromatic heterocycles. The van der Waals surface area contributed by atoms with Gasteiger partial charge in [0.15, 0.2) is 0 Å². The van der Waals surface area contributed by atoms with Gasteiger partial charge in [-0.1, -0.05) is 91.0 Å². The van der Waals surface area contributed by atoms with Crippen molar-refractivity contribution >= 4 is 34.1 Å². The van der Waals surface area contributed by atoms with Crippen molar-refractivity contribution < 1.29 is 39.8 Å². The van der Waals surface area contributed by atoms with Crippen molar-refractivity contribution in [2.24, 2.45) is 0 Å². The molecule has 2 N–H and O–H groups in total. The molecule has 5 aromatic rings. The predicted molar refractivity (Wildman–Crippen MR) is 218 cm³/mol. The first-order valence-corrected chi connectivity index (χ1v) is 18.3. The lowest BCUT2D eigenvalue weighted by Crippen LogP contribution is -2.31. The number of nitro benzene ring substituents is 6. The van der Waals surface area contributed by atoms with E-state index in [4.69, 9.17) is 10.2 Å². The van der Waals surface area contributed by atoms with Crippen LogP contribution >= 0.6 is 0 Å². The van der Waals surface area contributed by atoms with Gasteiger partial charge in [-0.25, -0.2) is 0 Å². The topological polar surface area (TPSA) is 306 Å². The Kier molecular flexibility index (Phi) is 16.3. The van der Waals surface area contributed by atoms with Crippen LogP contribution in [0, 0.1) is 60.7 Å². The molecule has 0 saturated carbocycles. The highest BCUT2D eigenvalue weighted by Gasteiger charge is 2.31. The SMILES string of the molecule is O=[N+]([O-])c1cc([N+](=O)[O-])c(O)c([N+](=O)[O-])c1.O=[N+]([O-])c1cc([N+](=O)[O-])c(O)c([N+](=O)[O-])c1.c1ccc(CN(Cc2ccccc2)C(CCN2CCCC2)c2ccccc2)cc1. The molecule has 0 aliphatic carbocycles. The molecule has 1 aliphatic rings. The van der Waals surface area contributed by atoms with E-state index in [2.05, 4.69) is 101 Å². The van der Waals surface area contributed by atoms with Crippen molar-refractivity contribution in [2.75, 3.05) is 19.6 Å². The van der Waals surface area contributed by atoms with Crippen LogP contribution < -0.4 is 0 Å². The molecule has 1 aliphatic heterocycles. The summed E-state index contributed by atoms with van der Waals surface area (Å²) >= 11 is 0. The van der Waals surface area contributed by atoms with Crippen LogP contribution in [0.5, 0.6) is 11.5 Å². The van der Waals surface area contributed by atoms with Crippen LogP contribution in [0.4, 0.5) is 34.1 Å². The van der Waals surface area contributed by atoms with Gasteiger partial charge in [0, 0.05) is 19.1 Å². The maximum absolute atomic E-state index is 10.4. The van der Waals surface area contributed by atoms with Crippen LogP contribution in [-0.2, 0) is 13.1 Å². The Balaban J connectivity index is 0.000000219. The Hall–Kier alpha value is -7.98. The second-order valence-electron chi connectivity index (χ2n) is 13.3. The lowest BCUT2D eigenvalue weighted by Gasteiger charge is -2.33. The fourth-order valence-corrected chi connectivity index (χ4v) is 6.41. The summed E-state index contributed by atoms with van der Waals surface area (Å²) in [6, 6.07) is 35.1. The maximum atomic E-state index is 10.4. The van der Waals surface area contributed by atoms with Crippen LogP contribution in [0.1, 0.15) is 42.0 Å². The van der Waals surface area contributed by atoms with Crippen LogP contribution in [0.3, 0.4) is 0 Å². The standard InChI is InChI=1S/C27H32N2.2C6H3N3O7/c1-4-12-24(13-5-1)22-29(23-25-14-6-2-7-15-25)27(26-16-8-3-9-17-26)18-21-28-19-10-11-20-28;2*10-6-4(8(13)14)1-3(7(11)12)2-5(6)9(15)16/h1-9,12-17,27H,10-11,18-23H2;2*1-2,10H. The van der Waals surface area contributed by atoms with E-state index in [0.29, 0.717) is 30.3 Å². The second kappa shape index (κ2) is 21.7. The Morgan fingerprint density at radius 3 is 1.15 bits per heavy atom. The van der Waals surface area contributed by atoms with Gasteiger partial charge in [-0.15, -0.1) is 0 Å². The zero-order valence-corrected chi connectivity index (χ0v) is 32.1. The van der Waals surface area contributed by atoms with Crippen molar-refractivity contribution in [3.8, 4) is 11.5 Å². The van der Waals surface area contributed by atoms with Gasteiger partial charge in [0.1, 0.15) is 0 Å². The molecule has 22 nitrogen and oxygen atoms in total. The number of benzene rings is 5. The molecule has 0 amide bonds. The normalized spacial score (nSPS) is 12.5. The number of nitro groups is 6. The van der Waals surface area contributed by atoms with E-state index in [0.717, 1.165) is 13.1 Å². The number of phenols is 2. The molecule has 0 bridgehead atoms. The summed E-state index contributed by atoms with van der Waals surface area (Å²) in [7, 11) is 0. The van der Waals surface area contributed by atoms with Gasteiger partial charge in [0.2, 0.25) is 0 Å². The largest absolute Gasteiger partial charge is 0.497 e. The maximum Gasteiger partial charge on any atom is 0.324 e. The number of likely N-dealkylation sites (tertiary alicyclic amines) is 1. The molecule has 1 heterocycles. The van der Waals surface area contributed by atoms with E-state index in [1.54, 1.807) is 0 Å². The average molecular weight is 843 g/mol. The smallest absolute Gasteiger partial charge is 0.324 e. The number of nitrogens with zero attached hydrogens (tertiary/aromatic N) is 8. The van der Waals surface area contributed by atoms with Crippen molar-refractivity contribution in [3.05, 3.63) is 193 Å². The first-order valence-electron chi connectivity index (χ1n) is 18.3. The molecule has 1 saturated heterocycles. The molecule has 22 heteroatoms. The number of hydrogen-bond acceptors (Lipinski definition) is 16. The molecule has 1 atom stereocenters. The molecule has 1 fully saturated rings. The van der Waals surface area contributed by atoms with Crippen LogP contribution in [0.25, 0.3) is 0 Å². The monoisotopic (exact) mass is 842 g/mol. The number of hydrogen-bond donors (Lipinski definition) is 2. The van der Waals surface area contributed by atoms with Crippen LogP contribution in [-0.4, -0.2) is 69.2 Å². The number of rotatable bonds is 15. The van der Waals surface area contributed by atoms with Gasteiger partial charge >= 0.3 is 22.7 Å². The first kappa shape index (κ1) is 45.7. The second-order valence-corrected chi connectivity index (χ2v) is 13.3. The molecule has 318 valence electrons. The summed E-state index contributed by atoms with van der Waals surface area (Å²) in [6.45, 7) is 5.64. The minimum atomic E-state index is -1.21. The third-order valence-electron chi connectivity index (χ3n) is 9.32. The molecule has 6 rings (SSSR count). The molecule has 61 heavy (non-hydrogen) atoms. The van der Waals surface area contributed by atoms with Crippen molar-refractivity contribution in [3.63, 3.8) is 0 Å². The Labute approximate surface area is 345 Å². The summed E-state index contributed by atoms with van der Waals surface area (Å²) in [5.74, 6) is -2.42. The zero-order chi connectivity index (χ0) is 44.6. The molecule has 1 unspecified atom stereocenters. The van der Waals surface area contributed by atoms with Crippen molar-refractivity contribution in [1.29, 1.82) is 0 Å². The number of aromatic hydroxyl groups is 2. The number of non-ortho nitro benzene ring substituents is 2. The Morgan fingerprint density at radius 2 is 0.836 bits per heavy atom. The minimum absolute atomic E-state index is 0.414. The lowest BCUT2D eigenvalue weighted by molar-refractivity contribution is -0.404. The van der Waals surface area contributed by atoms with Gasteiger partial charge in [-0.2, -0.15) is 0 Å². The molecular weight excluding hydrogens is 804 g/mol. The minimum Gasteiger partial charge on any atom is -0.497 e. The van der Waals surface area contributed by atoms with Crippen molar-refractivity contribution in [1.82, 2.24) is 9.80 Å². The number of phenolic OH excluding ortho intramolecular Hbond substituents is 2. The van der Waals surface area contributed by atoms with Crippen LogP contribution in [0.15, 0.2) is 115 Å². The highest BCUT2D eigenvalue weighted by molar-refractivity contribution is 5.65. The van der Waals surface area contributed by atoms with E-state index in [9.17, 15) is 60.7 Å². The van der Waals surface area contributed by atoms with Crippen molar-refractivity contribution in [2.45, 2.75) is 38.4 Å². The lowest BCUT2D eigenvalue weighted by atomic mass is 9.99. The summed E-state index contributed by atoms with van der Waals surface area (Å²) < 4.78 is 0. The Morgan fingerprint density at radius 1 is 0.508 bits per heavy atom. The van der Waals surface area contributed by atoms with Gasteiger partial charge in [0.25, 0.3) is 22.9 Å². The molecular formula is C39H38N8O14. The van der Waals surface area contributed by atoms with E-state index in [-0.39, 0.29) is 0 Å². The third kappa shape index (κ3) is 13.0. The first-order chi connectivity index (χ1) is 29.1. The highest BCUT2D eigenvalue weighted by atomic mass is 16.7. The fraction of sp³-hybridized carbons (Fsp3) is 0.231. The van der Waals surface area contributed by atoms with E-state index >= 15 is 0 Å². The molecule has 0 radical (unpaired) electrons. The molecule has 0 spiro atoms. The average Bonchev–Trinajstić information content (AvgIpc) is 3.76. The Bertz CT molecular complexity index is 2150. The van der Waals surface area contributed by atoms with Gasteiger partial charge < -0.3 is 15.1 Å². The van der Waals surface area contributed by atoms with E-state index in [1.807, 2.05) is 0 Å². The zero-order valence-electron chi connectivity index (χ0n) is 32.1. The van der Waals surface area contributed by atoms with E-state index < -0.39 is 75.2 Å². The van der Waals surface area contributed by atoms with Gasteiger partial charge in [-0.05, 0) is 55.6 Å². The predicted octanol–water partition coefficient (Wildman–Crippen LogP) is 8.15. The summed E-state index contributed by atoms with van der Waals surface area (Å²) in [6.07, 6.45) is 3.88. The fourth-order valence-electron chi connectivity index (χ4n) is 6.41. The summed E-state index contributed by atoms with van der Waals surface area (Å²) in [5.41, 5.74) is -1.81.